The summed E-state index contributed by atoms with van der Waals surface area (Å²) in [7, 11) is 0.940. The molecule has 3 N–H and O–H groups in total. The molecule has 0 rings (SSSR count). The number of aliphatic hydroxyl groups excluding tert-OH is 1. The molecule has 0 amide bonds. The quantitative estimate of drug-likeness (QED) is 0.376. The first-order valence-electron chi connectivity index (χ1n) is 2.96. The van der Waals surface area contributed by atoms with E-state index in [0.717, 1.165) is 0 Å². The normalized spacial score (nSPS) is 14.8. The first-order chi connectivity index (χ1) is 4.99. The van der Waals surface area contributed by atoms with Crippen LogP contribution in [0.15, 0.2) is 0 Å². The van der Waals surface area contributed by atoms with E-state index in [4.69, 9.17) is 22.7 Å². The molecule has 64 valence electrons. The Morgan fingerprint density at radius 3 is 2.36 bits per heavy atom. The molecule has 0 aromatic carbocycles. The van der Waals surface area contributed by atoms with Crippen molar-refractivity contribution in [2.45, 2.75) is 12.4 Å². The Labute approximate surface area is 65.9 Å². The number of ether oxygens (including phenoxy) is 1. The first-order valence-corrected chi connectivity index (χ1v) is 4.76. The number of hydrogen-bond donors (Lipinski definition) is 3. The molecule has 7 heteroatoms. The minimum atomic E-state index is -4.13. The van der Waals surface area contributed by atoms with E-state index in [9.17, 15) is 4.57 Å². The van der Waals surface area contributed by atoms with Gasteiger partial charge in [-0.25, -0.2) is 0 Å². The summed E-state index contributed by atoms with van der Waals surface area (Å²) < 4.78 is 14.8. The topological polar surface area (TPSA) is 87.0 Å². The Balaban J connectivity index is 3.59. The van der Waals surface area contributed by atoms with Crippen molar-refractivity contribution < 1.29 is 24.2 Å². The van der Waals surface area contributed by atoms with Gasteiger partial charge in [0.25, 0.3) is 0 Å². The molecule has 0 heterocycles. The molecular formula is C4H10BO5P. The van der Waals surface area contributed by atoms with Crippen LogP contribution in [0.5, 0.6) is 0 Å². The summed E-state index contributed by atoms with van der Waals surface area (Å²) in [6.07, 6.45) is -1.35. The summed E-state index contributed by atoms with van der Waals surface area (Å²) in [6, 6.07) is 0. The Hall–Kier alpha value is 0.135. The lowest BCUT2D eigenvalue weighted by Crippen LogP contribution is -2.17. The van der Waals surface area contributed by atoms with E-state index in [-0.39, 0.29) is 12.9 Å². The zero-order chi connectivity index (χ0) is 8.91. The van der Waals surface area contributed by atoms with Gasteiger partial charge in [0.1, 0.15) is 6.35 Å². The highest BCUT2D eigenvalue weighted by molar-refractivity contribution is 7.51. The fourth-order valence-electron chi connectivity index (χ4n) is 0.398. The van der Waals surface area contributed by atoms with Crippen LogP contribution in [0.4, 0.5) is 0 Å². The van der Waals surface area contributed by atoms with E-state index < -0.39 is 20.0 Å². The van der Waals surface area contributed by atoms with Crippen LogP contribution < -0.4 is 0 Å². The summed E-state index contributed by atoms with van der Waals surface area (Å²) in [5.41, 5.74) is 0. The van der Waals surface area contributed by atoms with Gasteiger partial charge in [0.2, 0.25) is 0 Å². The van der Waals surface area contributed by atoms with E-state index >= 15 is 0 Å². The van der Waals surface area contributed by atoms with Crippen LogP contribution in [0.25, 0.3) is 0 Å². The maximum absolute atomic E-state index is 10.2. The van der Waals surface area contributed by atoms with Gasteiger partial charge in [0.05, 0.1) is 20.6 Å². The monoisotopic (exact) mass is 180 g/mol. The van der Waals surface area contributed by atoms with Crippen LogP contribution in [-0.4, -0.2) is 41.8 Å². The standard InChI is InChI=1S/C4H10BO5P/c5-1-4(2-6)10-3-11(7,8)9/h4,6H,1-3H2,(H2,7,8,9). The van der Waals surface area contributed by atoms with Gasteiger partial charge in [-0.05, 0) is 0 Å². The van der Waals surface area contributed by atoms with Crippen molar-refractivity contribution in [3.63, 3.8) is 0 Å². The minimum Gasteiger partial charge on any atom is -0.394 e. The van der Waals surface area contributed by atoms with Gasteiger partial charge >= 0.3 is 7.60 Å². The van der Waals surface area contributed by atoms with Gasteiger partial charge in [0, 0.05) is 0 Å². The maximum atomic E-state index is 10.2. The third-order valence-electron chi connectivity index (χ3n) is 0.945. The van der Waals surface area contributed by atoms with E-state index in [1.165, 1.54) is 0 Å². The molecule has 0 saturated heterocycles. The molecule has 5 nitrogen and oxygen atoms in total. The molecule has 0 saturated carbocycles. The Kier molecular flexibility index (Phi) is 4.96. The van der Waals surface area contributed by atoms with Gasteiger partial charge in [-0.3, -0.25) is 4.57 Å². The molecule has 0 aliphatic heterocycles. The zero-order valence-corrected chi connectivity index (χ0v) is 6.78. The highest BCUT2D eigenvalue weighted by atomic mass is 31.2. The van der Waals surface area contributed by atoms with Crippen molar-refractivity contribution in [2.75, 3.05) is 13.0 Å². The molecule has 0 aromatic rings. The minimum absolute atomic E-state index is 0.0382. The van der Waals surface area contributed by atoms with Crippen molar-refractivity contribution in [1.82, 2.24) is 0 Å². The third-order valence-corrected chi connectivity index (χ3v) is 1.43. The van der Waals surface area contributed by atoms with Gasteiger partial charge in [-0.15, -0.1) is 0 Å². The van der Waals surface area contributed by atoms with E-state index in [1.54, 1.807) is 0 Å². The van der Waals surface area contributed by atoms with Crippen LogP contribution in [0.3, 0.4) is 0 Å². The van der Waals surface area contributed by atoms with Gasteiger partial charge < -0.3 is 19.6 Å². The summed E-state index contributed by atoms with van der Waals surface area (Å²) in [5.74, 6) is 0. The van der Waals surface area contributed by atoms with Crippen LogP contribution >= 0.6 is 7.60 Å². The summed E-state index contributed by atoms with van der Waals surface area (Å²) in [5, 5.41) is 8.46. The van der Waals surface area contributed by atoms with Gasteiger partial charge in [0.15, 0.2) is 0 Å². The lowest BCUT2D eigenvalue weighted by molar-refractivity contribution is 0.0432. The second-order valence-electron chi connectivity index (χ2n) is 2.00. The fourth-order valence-corrected chi connectivity index (χ4v) is 0.803. The van der Waals surface area contributed by atoms with Crippen LogP contribution in [0.2, 0.25) is 6.32 Å². The predicted molar refractivity (Wildman–Crippen MR) is 39.4 cm³/mol. The predicted octanol–water partition coefficient (Wildman–Crippen LogP) is -0.914. The van der Waals surface area contributed by atoms with Crippen molar-refractivity contribution in [3.05, 3.63) is 0 Å². The fraction of sp³-hybridized carbons (Fsp3) is 1.00. The molecule has 2 radical (unpaired) electrons. The molecule has 0 fully saturated rings. The molecule has 0 aliphatic rings. The van der Waals surface area contributed by atoms with Gasteiger partial charge in [-0.2, -0.15) is 0 Å². The molecule has 1 atom stereocenters. The zero-order valence-electron chi connectivity index (χ0n) is 5.88. The van der Waals surface area contributed by atoms with Crippen molar-refractivity contribution in [2.24, 2.45) is 0 Å². The molecule has 0 aliphatic carbocycles. The van der Waals surface area contributed by atoms with E-state index in [1.807, 2.05) is 0 Å². The first kappa shape index (κ1) is 11.1. The molecule has 0 bridgehead atoms. The number of aliphatic hydroxyl groups is 1. The third kappa shape index (κ3) is 6.53. The molecule has 1 unspecified atom stereocenters. The SMILES string of the molecule is [B]CC(CO)OCP(=O)(O)O. The Morgan fingerprint density at radius 2 is 2.09 bits per heavy atom. The lowest BCUT2D eigenvalue weighted by atomic mass is 10.0. The smallest absolute Gasteiger partial charge is 0.350 e. The summed E-state index contributed by atoms with van der Waals surface area (Å²) >= 11 is 0. The Bertz CT molecular complexity index is 141. The van der Waals surface area contributed by atoms with Crippen molar-refractivity contribution in [1.29, 1.82) is 0 Å². The van der Waals surface area contributed by atoms with Crippen LogP contribution in [-0.2, 0) is 9.30 Å². The van der Waals surface area contributed by atoms with Crippen LogP contribution in [0.1, 0.15) is 0 Å². The Morgan fingerprint density at radius 1 is 1.55 bits per heavy atom. The molecular weight excluding hydrogens is 170 g/mol. The lowest BCUT2D eigenvalue weighted by Gasteiger charge is -2.13. The van der Waals surface area contributed by atoms with Gasteiger partial charge in [-0.1, -0.05) is 6.32 Å². The maximum Gasteiger partial charge on any atom is 0.350 e. The largest absolute Gasteiger partial charge is 0.394 e. The second-order valence-corrected chi connectivity index (χ2v) is 3.59. The number of hydrogen-bond acceptors (Lipinski definition) is 3. The highest BCUT2D eigenvalue weighted by Crippen LogP contribution is 2.34. The van der Waals surface area contributed by atoms with Crippen molar-refractivity contribution in [3.8, 4) is 0 Å². The summed E-state index contributed by atoms with van der Waals surface area (Å²) in [4.78, 5) is 16.6. The second kappa shape index (κ2) is 4.90. The average Bonchev–Trinajstić information content (AvgIpc) is 1.88. The molecule has 0 spiro atoms. The molecule has 11 heavy (non-hydrogen) atoms. The van der Waals surface area contributed by atoms with E-state index in [0.29, 0.717) is 0 Å². The van der Waals surface area contributed by atoms with Crippen molar-refractivity contribution >= 4 is 15.4 Å². The van der Waals surface area contributed by atoms with Crippen LogP contribution in [0, 0.1) is 0 Å². The number of rotatable bonds is 5. The molecule has 0 aromatic heterocycles. The summed E-state index contributed by atoms with van der Waals surface area (Å²) in [6.45, 7) is -0.337. The highest BCUT2D eigenvalue weighted by Gasteiger charge is 2.15. The average molecular weight is 180 g/mol. The van der Waals surface area contributed by atoms with E-state index in [2.05, 4.69) is 4.74 Å².